The van der Waals surface area contributed by atoms with Crippen molar-refractivity contribution in [2.24, 2.45) is 0 Å². The van der Waals surface area contributed by atoms with Gasteiger partial charge in [0.1, 0.15) is 6.61 Å². The van der Waals surface area contributed by atoms with Crippen LogP contribution < -0.4 is 9.47 Å². The van der Waals surface area contributed by atoms with Gasteiger partial charge in [0, 0.05) is 24.8 Å². The van der Waals surface area contributed by atoms with Crippen molar-refractivity contribution in [2.45, 2.75) is 39.0 Å². The first-order chi connectivity index (χ1) is 13.7. The van der Waals surface area contributed by atoms with E-state index in [9.17, 15) is 13.2 Å². The number of likely N-dealkylation sites (N-methyl/N-ethyl adjacent to an activating group) is 1. The highest BCUT2D eigenvalue weighted by molar-refractivity contribution is 7.91. The van der Waals surface area contributed by atoms with E-state index in [0.717, 1.165) is 17.0 Å². The smallest absolute Gasteiger partial charge is 0.267 e. The van der Waals surface area contributed by atoms with Crippen LogP contribution in [-0.2, 0) is 21.2 Å². The lowest BCUT2D eigenvalue weighted by Crippen LogP contribution is -2.44. The third-order valence-electron chi connectivity index (χ3n) is 5.58. The fourth-order valence-electron chi connectivity index (χ4n) is 3.95. The second-order valence-electron chi connectivity index (χ2n) is 7.71. The molecule has 9 heteroatoms. The van der Waals surface area contributed by atoms with Gasteiger partial charge in [-0.05, 0) is 32.4 Å². The summed E-state index contributed by atoms with van der Waals surface area (Å²) in [6, 6.07) is 7.14. The van der Waals surface area contributed by atoms with Gasteiger partial charge in [0.2, 0.25) is 6.10 Å². The number of ether oxygens (including phenoxy) is 2. The topological polar surface area (TPSA) is 90.7 Å². The fraction of sp³-hybridized carbons (Fsp3) is 0.500. The molecule has 1 fully saturated rings. The van der Waals surface area contributed by atoms with Crippen LogP contribution in [0.25, 0.3) is 0 Å². The van der Waals surface area contributed by atoms with E-state index in [1.54, 1.807) is 18.0 Å². The Labute approximate surface area is 170 Å². The van der Waals surface area contributed by atoms with Gasteiger partial charge in [-0.3, -0.25) is 9.48 Å². The summed E-state index contributed by atoms with van der Waals surface area (Å²) in [5.41, 5.74) is 2.63. The molecule has 0 unspecified atom stereocenters. The minimum absolute atomic E-state index is 0.121. The van der Waals surface area contributed by atoms with Crippen molar-refractivity contribution < 1.29 is 22.7 Å². The van der Waals surface area contributed by atoms with Crippen LogP contribution in [0.15, 0.2) is 24.3 Å². The average molecular weight is 420 g/mol. The predicted octanol–water partition coefficient (Wildman–Crippen LogP) is 1.66. The first-order valence-corrected chi connectivity index (χ1v) is 11.5. The van der Waals surface area contributed by atoms with Gasteiger partial charge >= 0.3 is 0 Å². The number of rotatable bonds is 4. The summed E-state index contributed by atoms with van der Waals surface area (Å²) in [6.45, 7) is 4.35. The second-order valence-corrected chi connectivity index (χ2v) is 9.94. The number of nitrogens with zero attached hydrogens (tertiary/aromatic N) is 3. The van der Waals surface area contributed by atoms with E-state index in [4.69, 9.17) is 9.47 Å². The molecule has 3 heterocycles. The lowest BCUT2D eigenvalue weighted by molar-refractivity contribution is -0.140. The van der Waals surface area contributed by atoms with Gasteiger partial charge in [-0.1, -0.05) is 12.1 Å². The van der Waals surface area contributed by atoms with E-state index in [1.807, 2.05) is 36.7 Å². The van der Waals surface area contributed by atoms with Gasteiger partial charge in [0.05, 0.1) is 23.2 Å². The zero-order valence-electron chi connectivity index (χ0n) is 16.8. The van der Waals surface area contributed by atoms with Crippen LogP contribution in [0.1, 0.15) is 29.4 Å². The molecule has 2 aliphatic heterocycles. The highest BCUT2D eigenvalue weighted by atomic mass is 32.2. The summed E-state index contributed by atoms with van der Waals surface area (Å²) in [4.78, 5) is 14.5. The SMILES string of the molecule is Cc1nn([C@@H]2CCS(=O)(=O)C2)c(C)c1CN(C)C(=O)[C@H]1COc2ccccc2O1. The van der Waals surface area contributed by atoms with Gasteiger partial charge in [-0.2, -0.15) is 5.10 Å². The van der Waals surface area contributed by atoms with E-state index in [-0.39, 0.29) is 30.1 Å². The third-order valence-corrected chi connectivity index (χ3v) is 7.34. The number of carbonyl (C=O) groups excluding carboxylic acids is 1. The van der Waals surface area contributed by atoms with Crippen LogP contribution in [0.5, 0.6) is 11.5 Å². The van der Waals surface area contributed by atoms with E-state index in [1.165, 1.54) is 0 Å². The number of fused-ring (bicyclic) bond motifs is 1. The average Bonchev–Trinajstić information content (AvgIpc) is 3.20. The molecule has 8 nitrogen and oxygen atoms in total. The molecule has 156 valence electrons. The Kier molecular flexibility index (Phi) is 5.02. The molecule has 1 aromatic carbocycles. The molecule has 0 spiro atoms. The number of aromatic nitrogens is 2. The number of benzene rings is 1. The second kappa shape index (κ2) is 7.37. The molecular formula is C20H25N3O5S. The fourth-order valence-corrected chi connectivity index (χ4v) is 5.64. The van der Waals surface area contributed by atoms with Crippen molar-refractivity contribution in [1.82, 2.24) is 14.7 Å². The molecular weight excluding hydrogens is 394 g/mol. The molecule has 1 saturated heterocycles. The zero-order chi connectivity index (χ0) is 20.8. The molecule has 0 radical (unpaired) electrons. The van der Waals surface area contributed by atoms with Crippen LogP contribution >= 0.6 is 0 Å². The molecule has 2 aromatic rings. The molecule has 1 aromatic heterocycles. The maximum atomic E-state index is 12.9. The molecule has 0 saturated carbocycles. The summed E-state index contributed by atoms with van der Waals surface area (Å²) < 4.78 is 36.9. The van der Waals surface area contributed by atoms with E-state index >= 15 is 0 Å². The lowest BCUT2D eigenvalue weighted by atomic mass is 10.1. The number of aryl methyl sites for hydroxylation is 1. The van der Waals surface area contributed by atoms with Gasteiger partial charge in [0.15, 0.2) is 21.3 Å². The van der Waals surface area contributed by atoms with Gasteiger partial charge in [0.25, 0.3) is 5.91 Å². The molecule has 0 N–H and O–H groups in total. The van der Waals surface area contributed by atoms with Crippen molar-refractivity contribution in [1.29, 1.82) is 0 Å². The summed E-state index contributed by atoms with van der Waals surface area (Å²) in [5.74, 6) is 1.35. The molecule has 29 heavy (non-hydrogen) atoms. The summed E-state index contributed by atoms with van der Waals surface area (Å²) in [6.07, 6.45) is -0.129. The molecule has 2 aliphatic rings. The Morgan fingerprint density at radius 3 is 2.69 bits per heavy atom. The zero-order valence-corrected chi connectivity index (χ0v) is 17.6. The van der Waals surface area contributed by atoms with Crippen LogP contribution in [0.3, 0.4) is 0 Å². The number of para-hydroxylation sites is 2. The Morgan fingerprint density at radius 1 is 1.28 bits per heavy atom. The first kappa shape index (κ1) is 19.8. The van der Waals surface area contributed by atoms with Crippen molar-refractivity contribution in [3.05, 3.63) is 41.2 Å². The van der Waals surface area contributed by atoms with Gasteiger partial charge in [-0.15, -0.1) is 0 Å². The number of hydrogen-bond acceptors (Lipinski definition) is 6. The minimum Gasteiger partial charge on any atom is -0.485 e. The largest absolute Gasteiger partial charge is 0.485 e. The van der Waals surface area contributed by atoms with E-state index < -0.39 is 15.9 Å². The van der Waals surface area contributed by atoms with Crippen molar-refractivity contribution in [2.75, 3.05) is 25.2 Å². The quantitative estimate of drug-likeness (QED) is 0.749. The Balaban J connectivity index is 1.47. The summed E-state index contributed by atoms with van der Waals surface area (Å²) >= 11 is 0. The van der Waals surface area contributed by atoms with Crippen molar-refractivity contribution in [3.63, 3.8) is 0 Å². The molecule has 2 atom stereocenters. The number of hydrogen-bond donors (Lipinski definition) is 0. The normalized spacial score (nSPS) is 22.4. The number of carbonyl (C=O) groups is 1. The first-order valence-electron chi connectivity index (χ1n) is 9.63. The Morgan fingerprint density at radius 2 is 2.00 bits per heavy atom. The third kappa shape index (κ3) is 3.83. The molecule has 1 amide bonds. The summed E-state index contributed by atoms with van der Waals surface area (Å²) in [5, 5.41) is 4.57. The molecule has 4 rings (SSSR count). The molecule has 0 bridgehead atoms. The van der Waals surface area contributed by atoms with Crippen LogP contribution in [0, 0.1) is 13.8 Å². The van der Waals surface area contributed by atoms with Crippen LogP contribution in [-0.4, -0.2) is 60.3 Å². The van der Waals surface area contributed by atoms with Crippen molar-refractivity contribution in [3.8, 4) is 11.5 Å². The van der Waals surface area contributed by atoms with Crippen molar-refractivity contribution >= 4 is 15.7 Å². The van der Waals surface area contributed by atoms with Gasteiger partial charge < -0.3 is 14.4 Å². The number of sulfone groups is 1. The minimum atomic E-state index is -3.00. The highest BCUT2D eigenvalue weighted by Crippen LogP contribution is 2.32. The monoisotopic (exact) mass is 419 g/mol. The van der Waals surface area contributed by atoms with Gasteiger partial charge in [-0.25, -0.2) is 8.42 Å². The number of amides is 1. The predicted molar refractivity (Wildman–Crippen MR) is 107 cm³/mol. The molecule has 0 aliphatic carbocycles. The van der Waals surface area contributed by atoms with E-state index in [0.29, 0.717) is 24.5 Å². The van der Waals surface area contributed by atoms with Crippen LogP contribution in [0.2, 0.25) is 0 Å². The maximum absolute atomic E-state index is 12.9. The van der Waals surface area contributed by atoms with E-state index in [2.05, 4.69) is 5.10 Å². The maximum Gasteiger partial charge on any atom is 0.267 e. The summed E-state index contributed by atoms with van der Waals surface area (Å²) in [7, 11) is -1.27. The standard InChI is InChI=1S/C20H25N3O5S/c1-13-16(14(2)23(21-13)15-8-9-29(25,26)12-15)10-22(3)20(24)19-11-27-17-6-4-5-7-18(17)28-19/h4-7,15,19H,8-12H2,1-3H3/t15-,19-/m1/s1. The Hall–Kier alpha value is -2.55. The Bertz CT molecular complexity index is 1050. The van der Waals surface area contributed by atoms with Crippen LogP contribution in [0.4, 0.5) is 0 Å². The highest BCUT2D eigenvalue weighted by Gasteiger charge is 2.33. The lowest BCUT2D eigenvalue weighted by Gasteiger charge is -2.29.